The number of hydrogen-bond donors (Lipinski definition) is 0. The monoisotopic (exact) mass is 247 g/mol. The standard InChI is InChI=1S/C13H17N3O2/c1-10-14-13(15-18-10)9-16(2)8-11-4-6-12(17-3)7-5-11/h4-7H,8-9H2,1-3H3. The quantitative estimate of drug-likeness (QED) is 0.809. The Bertz CT molecular complexity index is 493. The summed E-state index contributed by atoms with van der Waals surface area (Å²) in [6, 6.07) is 8.02. The van der Waals surface area contributed by atoms with Crippen molar-refractivity contribution in [2.75, 3.05) is 14.2 Å². The van der Waals surface area contributed by atoms with Crippen molar-refractivity contribution in [1.29, 1.82) is 0 Å². The topological polar surface area (TPSA) is 51.4 Å². The van der Waals surface area contributed by atoms with Crippen LogP contribution in [0.4, 0.5) is 0 Å². The van der Waals surface area contributed by atoms with Gasteiger partial charge < -0.3 is 9.26 Å². The van der Waals surface area contributed by atoms with E-state index < -0.39 is 0 Å². The SMILES string of the molecule is COc1ccc(CN(C)Cc2noc(C)n2)cc1. The molecule has 0 aliphatic heterocycles. The van der Waals surface area contributed by atoms with Crippen LogP contribution in [0.25, 0.3) is 0 Å². The normalized spacial score (nSPS) is 10.9. The summed E-state index contributed by atoms with van der Waals surface area (Å²) in [5, 5.41) is 3.88. The highest BCUT2D eigenvalue weighted by Crippen LogP contribution is 2.13. The van der Waals surface area contributed by atoms with Crippen molar-refractivity contribution in [3.05, 3.63) is 41.5 Å². The van der Waals surface area contributed by atoms with E-state index in [4.69, 9.17) is 9.26 Å². The molecule has 0 aliphatic carbocycles. The molecule has 96 valence electrons. The third-order valence-electron chi connectivity index (χ3n) is 2.59. The molecule has 0 saturated heterocycles. The number of methoxy groups -OCH3 is 1. The van der Waals surface area contributed by atoms with Gasteiger partial charge in [0.05, 0.1) is 13.7 Å². The lowest BCUT2D eigenvalue weighted by atomic mass is 10.2. The Morgan fingerprint density at radius 3 is 2.50 bits per heavy atom. The molecule has 5 nitrogen and oxygen atoms in total. The number of hydrogen-bond acceptors (Lipinski definition) is 5. The Morgan fingerprint density at radius 1 is 1.22 bits per heavy atom. The first kappa shape index (κ1) is 12.6. The molecule has 1 aromatic carbocycles. The van der Waals surface area contributed by atoms with Crippen LogP contribution in [0.15, 0.2) is 28.8 Å². The zero-order valence-corrected chi connectivity index (χ0v) is 10.9. The van der Waals surface area contributed by atoms with E-state index in [9.17, 15) is 0 Å². The Kier molecular flexibility index (Phi) is 3.94. The summed E-state index contributed by atoms with van der Waals surface area (Å²) in [7, 11) is 3.69. The zero-order chi connectivity index (χ0) is 13.0. The van der Waals surface area contributed by atoms with Gasteiger partial charge in [0.2, 0.25) is 5.89 Å². The molecule has 0 saturated carbocycles. The maximum absolute atomic E-state index is 5.13. The van der Waals surface area contributed by atoms with Crippen molar-refractivity contribution in [2.45, 2.75) is 20.0 Å². The molecule has 18 heavy (non-hydrogen) atoms. The van der Waals surface area contributed by atoms with Gasteiger partial charge in [-0.1, -0.05) is 17.3 Å². The average molecular weight is 247 g/mol. The van der Waals surface area contributed by atoms with Gasteiger partial charge in [0.25, 0.3) is 0 Å². The second-order valence-electron chi connectivity index (χ2n) is 4.25. The van der Waals surface area contributed by atoms with E-state index in [2.05, 4.69) is 27.2 Å². The van der Waals surface area contributed by atoms with Crippen LogP contribution in [0.1, 0.15) is 17.3 Å². The summed E-state index contributed by atoms with van der Waals surface area (Å²) >= 11 is 0. The first-order valence-electron chi connectivity index (χ1n) is 5.78. The van der Waals surface area contributed by atoms with Crippen molar-refractivity contribution >= 4 is 0 Å². The van der Waals surface area contributed by atoms with E-state index in [0.717, 1.165) is 12.3 Å². The van der Waals surface area contributed by atoms with Crippen LogP contribution >= 0.6 is 0 Å². The molecule has 1 heterocycles. The van der Waals surface area contributed by atoms with Crippen LogP contribution in [0.3, 0.4) is 0 Å². The molecule has 1 aromatic heterocycles. The van der Waals surface area contributed by atoms with Gasteiger partial charge >= 0.3 is 0 Å². The third-order valence-corrected chi connectivity index (χ3v) is 2.59. The van der Waals surface area contributed by atoms with Gasteiger partial charge in [0, 0.05) is 13.5 Å². The predicted octanol–water partition coefficient (Wildman–Crippen LogP) is 2.02. The summed E-state index contributed by atoms with van der Waals surface area (Å²) in [4.78, 5) is 6.31. The van der Waals surface area contributed by atoms with Gasteiger partial charge in [0.1, 0.15) is 5.75 Å². The highest BCUT2D eigenvalue weighted by molar-refractivity contribution is 5.27. The van der Waals surface area contributed by atoms with Crippen molar-refractivity contribution in [2.24, 2.45) is 0 Å². The van der Waals surface area contributed by atoms with Crippen molar-refractivity contribution in [3.63, 3.8) is 0 Å². The first-order valence-corrected chi connectivity index (χ1v) is 5.78. The highest BCUT2D eigenvalue weighted by Gasteiger charge is 2.07. The van der Waals surface area contributed by atoms with Crippen molar-refractivity contribution in [3.8, 4) is 5.75 Å². The number of nitrogens with zero attached hydrogens (tertiary/aromatic N) is 3. The van der Waals surface area contributed by atoms with Gasteiger partial charge in [-0.15, -0.1) is 0 Å². The molecular formula is C13H17N3O2. The van der Waals surface area contributed by atoms with Gasteiger partial charge in [-0.2, -0.15) is 4.98 Å². The molecule has 0 atom stereocenters. The van der Waals surface area contributed by atoms with Gasteiger partial charge in [0.15, 0.2) is 5.82 Å². The smallest absolute Gasteiger partial charge is 0.223 e. The molecule has 0 aliphatic rings. The number of ether oxygens (including phenoxy) is 1. The van der Waals surface area contributed by atoms with Gasteiger partial charge in [-0.25, -0.2) is 0 Å². The highest BCUT2D eigenvalue weighted by atomic mass is 16.5. The van der Waals surface area contributed by atoms with E-state index in [1.165, 1.54) is 5.56 Å². The first-order chi connectivity index (χ1) is 8.67. The fraction of sp³-hybridized carbons (Fsp3) is 0.385. The largest absolute Gasteiger partial charge is 0.497 e. The van der Waals surface area contributed by atoms with Crippen LogP contribution < -0.4 is 4.74 Å². The summed E-state index contributed by atoms with van der Waals surface area (Å²) in [5.41, 5.74) is 1.22. The number of aryl methyl sites for hydroxylation is 1. The van der Waals surface area contributed by atoms with Crippen molar-refractivity contribution in [1.82, 2.24) is 15.0 Å². The van der Waals surface area contributed by atoms with Crippen LogP contribution in [0.2, 0.25) is 0 Å². The fourth-order valence-electron chi connectivity index (χ4n) is 1.75. The summed E-state index contributed by atoms with van der Waals surface area (Å²) in [6.45, 7) is 3.29. The van der Waals surface area contributed by atoms with E-state index >= 15 is 0 Å². The van der Waals surface area contributed by atoms with Gasteiger partial charge in [-0.3, -0.25) is 4.90 Å². The van der Waals surface area contributed by atoms with Crippen molar-refractivity contribution < 1.29 is 9.26 Å². The summed E-state index contributed by atoms with van der Waals surface area (Å²) < 4.78 is 10.1. The Labute approximate surface area is 106 Å². The predicted molar refractivity (Wildman–Crippen MR) is 67.2 cm³/mol. The number of aromatic nitrogens is 2. The third kappa shape index (κ3) is 3.30. The lowest BCUT2D eigenvalue weighted by Gasteiger charge is -2.14. The minimum atomic E-state index is 0.600. The lowest BCUT2D eigenvalue weighted by Crippen LogP contribution is -2.18. The maximum Gasteiger partial charge on any atom is 0.223 e. The zero-order valence-electron chi connectivity index (χ0n) is 10.9. The number of benzene rings is 1. The summed E-state index contributed by atoms with van der Waals surface area (Å²) in [6.07, 6.45) is 0. The van der Waals surface area contributed by atoms with E-state index in [-0.39, 0.29) is 0 Å². The molecule has 0 spiro atoms. The molecule has 0 N–H and O–H groups in total. The van der Waals surface area contributed by atoms with Crippen LogP contribution in [0, 0.1) is 6.92 Å². The van der Waals surface area contributed by atoms with E-state index in [1.54, 1.807) is 14.0 Å². The summed E-state index contributed by atoms with van der Waals surface area (Å²) in [5.74, 6) is 2.18. The molecule has 0 radical (unpaired) electrons. The van der Waals surface area contributed by atoms with Crippen LogP contribution in [-0.4, -0.2) is 29.2 Å². The average Bonchev–Trinajstić information content (AvgIpc) is 2.75. The molecule has 5 heteroatoms. The van der Waals surface area contributed by atoms with Crippen LogP contribution in [-0.2, 0) is 13.1 Å². The van der Waals surface area contributed by atoms with E-state index in [0.29, 0.717) is 18.3 Å². The minimum absolute atomic E-state index is 0.600. The molecule has 0 bridgehead atoms. The second kappa shape index (κ2) is 5.64. The molecule has 0 fully saturated rings. The molecule has 2 rings (SSSR count). The lowest BCUT2D eigenvalue weighted by molar-refractivity contribution is 0.300. The molecular weight excluding hydrogens is 230 g/mol. The van der Waals surface area contributed by atoms with E-state index in [1.807, 2.05) is 19.2 Å². The molecule has 0 unspecified atom stereocenters. The minimum Gasteiger partial charge on any atom is -0.497 e. The Balaban J connectivity index is 1.91. The fourth-order valence-corrected chi connectivity index (χ4v) is 1.75. The molecule has 2 aromatic rings. The Morgan fingerprint density at radius 2 is 1.94 bits per heavy atom. The maximum atomic E-state index is 5.13. The molecule has 0 amide bonds. The number of rotatable bonds is 5. The van der Waals surface area contributed by atoms with Gasteiger partial charge in [-0.05, 0) is 24.7 Å². The van der Waals surface area contributed by atoms with Crippen LogP contribution in [0.5, 0.6) is 5.75 Å². The Hall–Kier alpha value is -1.88. The second-order valence-corrected chi connectivity index (χ2v) is 4.25.